The van der Waals surface area contributed by atoms with Crippen LogP contribution in [0.4, 0.5) is 11.6 Å². The van der Waals surface area contributed by atoms with E-state index in [9.17, 15) is 52.7 Å². The van der Waals surface area contributed by atoms with Gasteiger partial charge in [-0.15, -0.1) is 0 Å². The van der Waals surface area contributed by atoms with Gasteiger partial charge in [0.1, 0.15) is 103 Å². The fraction of sp³-hybridized carbons (Fsp3) is 0.682. The van der Waals surface area contributed by atoms with E-state index in [2.05, 4.69) is 71.6 Å². The number of fused-ring (bicyclic) bond motifs is 1. The molecule has 9 unspecified atom stereocenters. The summed E-state index contributed by atoms with van der Waals surface area (Å²) in [5, 5.41) is 11.7. The first kappa shape index (κ1) is 97.6. The SMILES string of the molecule is CC[C@H]1O[C@@H](n2cc(C)c(=O)[nH]c2=O)C(OCCOC)[C@H]1OP(=O)(S)OC[C@H]1O[C@@H](n2cc(C)c(=O)[nH]c2=O)C(OCCOC)[C@H]1OP(=O)(O)OC[C@H]1O[C@@H](n2cnc3c(N)ncnc32)C(OCCOC)[C@H]1OP(=O)(S)OC[C@H]1O[C@@H](n2cc(C)c(=O)[nH]c2=O)C(OCCOC)[C@H]1OP(=O)(S)OC[C@H]1O[C@@H](n2cc(C)c(N)nc2=O)C(OCCOC)[C@H]1O. The van der Waals surface area contributed by atoms with E-state index in [1.54, 1.807) is 13.8 Å². The van der Waals surface area contributed by atoms with Crippen molar-refractivity contribution >= 4 is 87.8 Å². The van der Waals surface area contributed by atoms with Crippen LogP contribution in [0.15, 0.2) is 71.0 Å². The number of nitrogens with zero attached hydrogens (tertiary/aromatic N) is 9. The molecule has 50 nitrogen and oxygen atoms in total. The highest BCUT2D eigenvalue weighted by molar-refractivity contribution is 8.45. The molecular formula is C66H98N14O36P4S3. The smallest absolute Gasteiger partial charge is 0.387 e. The number of rotatable bonds is 46. The van der Waals surface area contributed by atoms with Gasteiger partial charge < -0.3 is 92.5 Å². The Bertz CT molecular complexity index is 5260. The van der Waals surface area contributed by atoms with Crippen molar-refractivity contribution in [3.05, 3.63) is 133 Å². The van der Waals surface area contributed by atoms with Crippen molar-refractivity contribution in [1.82, 2.24) is 57.7 Å². The van der Waals surface area contributed by atoms with Crippen molar-refractivity contribution in [3.8, 4) is 0 Å². The normalized spacial score (nSPS) is 29.2. The number of anilines is 2. The van der Waals surface area contributed by atoms with Gasteiger partial charge in [0.25, 0.3) is 16.7 Å². The highest BCUT2D eigenvalue weighted by Crippen LogP contribution is 2.61. The second-order valence-electron chi connectivity index (χ2n) is 28.2. The van der Waals surface area contributed by atoms with E-state index in [0.29, 0.717) is 5.56 Å². The molecule has 9 N–H and O–H groups in total. The van der Waals surface area contributed by atoms with Gasteiger partial charge in [-0.1, -0.05) is 43.7 Å². The van der Waals surface area contributed by atoms with Gasteiger partial charge in [-0.25, -0.2) is 52.4 Å². The number of aromatic nitrogens is 12. The van der Waals surface area contributed by atoms with Crippen LogP contribution in [0.3, 0.4) is 0 Å². The minimum Gasteiger partial charge on any atom is -0.387 e. The van der Waals surface area contributed by atoms with E-state index in [1.807, 2.05) is 0 Å². The van der Waals surface area contributed by atoms with Gasteiger partial charge in [0.2, 0.25) is 0 Å². The van der Waals surface area contributed by atoms with E-state index < -0.39 is 217 Å². The van der Waals surface area contributed by atoms with Crippen LogP contribution in [-0.2, 0) is 126 Å². The summed E-state index contributed by atoms with van der Waals surface area (Å²) in [5.74, 6) is -0.173. The number of ether oxygens (including phenoxy) is 15. The highest BCUT2D eigenvalue weighted by atomic mass is 32.7. The number of hydrogen-bond acceptors (Lipinski definition) is 41. The molecule has 123 heavy (non-hydrogen) atoms. The maximum absolute atomic E-state index is 15.5. The van der Waals surface area contributed by atoms with Crippen LogP contribution in [0.5, 0.6) is 0 Å². The lowest BCUT2D eigenvalue weighted by atomic mass is 10.1. The Morgan fingerprint density at radius 3 is 1.15 bits per heavy atom. The summed E-state index contributed by atoms with van der Waals surface area (Å²) in [4.78, 5) is 128. The fourth-order valence-electron chi connectivity index (χ4n) is 13.8. The van der Waals surface area contributed by atoms with Gasteiger partial charge >= 0.3 is 51.0 Å². The van der Waals surface area contributed by atoms with Crippen LogP contribution < -0.4 is 50.9 Å². The van der Waals surface area contributed by atoms with Crippen LogP contribution in [0.2, 0.25) is 0 Å². The van der Waals surface area contributed by atoms with Crippen LogP contribution in [0.1, 0.15) is 66.7 Å². The topological polar surface area (TPSA) is 616 Å². The van der Waals surface area contributed by atoms with Gasteiger partial charge in [0, 0.05) is 82.6 Å². The second kappa shape index (κ2) is 43.0. The minimum absolute atomic E-state index is 0.0110. The molecule has 11 heterocycles. The Morgan fingerprint density at radius 2 is 0.756 bits per heavy atom. The number of phosphoric acid groups is 1. The maximum atomic E-state index is 15.5. The van der Waals surface area contributed by atoms with E-state index in [0.717, 1.165) is 37.0 Å². The number of nitrogens with two attached hydrogens (primary N) is 2. The summed E-state index contributed by atoms with van der Waals surface area (Å²) in [7, 11) is 1.04. The summed E-state index contributed by atoms with van der Waals surface area (Å²) >= 11 is 13.1. The van der Waals surface area contributed by atoms with Crippen molar-refractivity contribution in [1.29, 1.82) is 0 Å². The van der Waals surface area contributed by atoms with Crippen molar-refractivity contribution in [2.24, 2.45) is 0 Å². The largest absolute Gasteiger partial charge is 0.472 e. The predicted octanol–water partition coefficient (Wildman–Crippen LogP) is 0.369. The number of nitrogen functional groups attached to an aromatic ring is 2. The standard InChI is InChI=1S/C66H98N14O36P4S3/c1-11-36-43(48(100-18-13-95-7)59(108-36)77-23-33(3)55(82)73-64(77)86)114-119(92,122)106-28-39-44(49(101-19-14-96-8)60(110-39)78-24-34(4)56(83)74-65(78)87)113-117(89,90)104-27-38-45(51(103-21-16-98-10)62(112-38)80-31-71-41-53(68)69-30-70-54(41)80)115-120(93,123)107-29-40-46(50(102-20-15-97-9)61(111-40)79-25-35(5)57(84)75-66(79)88)116-118(91,121)105-26-37-42(81)47(99-17-12-94-6)58(109-37)76-22-32(2)52(67)72-63(76)85/h22-25,30-31,36-40,42-51,58-62,81H,11-21,26-29H2,1-10H3,(H,89,90)(H,91,121)(H,92,122)(H,93,123)(H2,67,72,85)(H2,68,69,70)(H,73,82,86)(H,74,83,87)(H,75,84,88)/t36-,37-,38-,39-,40-,42+,43+,44+,45+,46+,47?,48?,49?,50?,51?,58-,59-,60-,61-,62-,118?,119?,120?/m1/s1. The molecule has 0 amide bonds. The zero-order valence-electron chi connectivity index (χ0n) is 67.7. The molecular weight excluding hydrogens is 1780 g/mol. The first-order valence-corrected chi connectivity index (χ1v) is 47.4. The lowest BCUT2D eigenvalue weighted by Crippen LogP contribution is -2.42. The Balaban J connectivity index is 0.898. The molecule has 11 rings (SSSR count). The third-order valence-corrected chi connectivity index (χ3v) is 25.7. The molecule has 5 fully saturated rings. The third kappa shape index (κ3) is 23.8. The van der Waals surface area contributed by atoms with Gasteiger partial charge in [-0.2, -0.15) is 4.98 Å². The number of H-pyrrole nitrogens is 3. The molecule has 0 saturated carbocycles. The zero-order valence-corrected chi connectivity index (χ0v) is 74.0. The van der Waals surface area contributed by atoms with Gasteiger partial charge in [-0.05, 0) is 34.1 Å². The molecule has 0 radical (unpaired) electrons. The first-order valence-electron chi connectivity index (χ1n) is 37.8. The molecule has 0 spiro atoms. The second-order valence-corrected chi connectivity index (χ2v) is 38.3. The molecule has 5 aliphatic heterocycles. The summed E-state index contributed by atoms with van der Waals surface area (Å²) in [6.07, 6.45) is -24.2. The number of methoxy groups -OCH3 is 5. The van der Waals surface area contributed by atoms with Crippen molar-refractivity contribution in [3.63, 3.8) is 0 Å². The average molecular weight is 1880 g/mol. The highest BCUT2D eigenvalue weighted by Gasteiger charge is 2.58. The number of aromatic amines is 3. The van der Waals surface area contributed by atoms with Gasteiger partial charge in [0.15, 0.2) is 42.6 Å². The number of imidazole rings is 1. The number of aliphatic hydroxyl groups is 1. The van der Waals surface area contributed by atoms with Crippen molar-refractivity contribution < 1.29 is 136 Å². The average Bonchev–Trinajstić information content (AvgIpc) is 1.61. The predicted molar refractivity (Wildman–Crippen MR) is 432 cm³/mol. The van der Waals surface area contributed by atoms with Gasteiger partial charge in [0.05, 0.1) is 105 Å². The Labute approximate surface area is 713 Å². The van der Waals surface area contributed by atoms with E-state index in [-0.39, 0.29) is 112 Å². The molecule has 686 valence electrons. The number of aliphatic hydroxyl groups excluding tert-OH is 1. The molecule has 5 aliphatic rings. The molecule has 0 bridgehead atoms. The summed E-state index contributed by atoms with van der Waals surface area (Å²) in [6.45, 7) is -12.8. The van der Waals surface area contributed by atoms with E-state index in [4.69, 9.17) is 119 Å². The minimum atomic E-state index is -5.78. The van der Waals surface area contributed by atoms with Crippen LogP contribution in [0.25, 0.3) is 11.2 Å². The number of phosphoric ester groups is 1. The fourth-order valence-corrected chi connectivity index (χ4v) is 19.2. The molecule has 6 aromatic heterocycles. The van der Waals surface area contributed by atoms with Crippen molar-refractivity contribution in [2.75, 3.05) is 140 Å². The summed E-state index contributed by atoms with van der Waals surface area (Å²) in [5.41, 5.74) is 6.53. The molecule has 5 saturated heterocycles. The summed E-state index contributed by atoms with van der Waals surface area (Å²) < 4.78 is 203. The van der Waals surface area contributed by atoms with Crippen molar-refractivity contribution in [2.45, 2.75) is 164 Å². The molecule has 24 atom stereocenters. The Kier molecular flexibility index (Phi) is 34.1. The zero-order chi connectivity index (χ0) is 89.2. The monoisotopic (exact) mass is 1880 g/mol. The van der Waals surface area contributed by atoms with Crippen LogP contribution >= 0.6 is 65.0 Å². The summed E-state index contributed by atoms with van der Waals surface area (Å²) in [6, 6.07) is 0. The molecule has 57 heteroatoms. The van der Waals surface area contributed by atoms with E-state index >= 15 is 9.13 Å². The molecule has 0 aliphatic carbocycles. The van der Waals surface area contributed by atoms with Crippen LogP contribution in [-0.4, -0.2) is 287 Å². The number of nitrogens with one attached hydrogen (secondary N) is 3. The van der Waals surface area contributed by atoms with Gasteiger partial charge in [-0.3, -0.25) is 88.4 Å². The lowest BCUT2D eigenvalue weighted by molar-refractivity contribution is -0.0836. The van der Waals surface area contributed by atoms with Crippen LogP contribution in [0, 0.1) is 27.7 Å². The number of hydrogen-bond donors (Lipinski definition) is 10. The Hall–Kier alpha value is -5.96. The molecule has 0 aromatic carbocycles. The Morgan fingerprint density at radius 1 is 0.423 bits per heavy atom. The quantitative estimate of drug-likeness (QED) is 0.0140. The molecule has 6 aromatic rings. The lowest BCUT2D eigenvalue weighted by Gasteiger charge is -2.29. The maximum Gasteiger partial charge on any atom is 0.472 e. The first-order chi connectivity index (χ1) is 58.5. The third-order valence-electron chi connectivity index (χ3n) is 19.8. The number of thiol groups is 3. The number of aryl methyl sites for hydroxylation is 4. The van der Waals surface area contributed by atoms with E-state index in [1.165, 1.54) is 79.6 Å².